The van der Waals surface area contributed by atoms with Crippen LogP contribution in [0.4, 0.5) is 11.1 Å². The van der Waals surface area contributed by atoms with Crippen molar-refractivity contribution in [1.82, 2.24) is 19.9 Å². The zero-order valence-electron chi connectivity index (χ0n) is 19.7. The van der Waals surface area contributed by atoms with Gasteiger partial charge in [0.2, 0.25) is 5.95 Å². The molecule has 3 N–H and O–H groups in total. The Morgan fingerprint density at radius 3 is 2.51 bits per heavy atom. The molecule has 2 saturated carbocycles. The van der Waals surface area contributed by atoms with Crippen LogP contribution in [0.3, 0.4) is 0 Å². The second-order valence-electron chi connectivity index (χ2n) is 10.00. The molecule has 3 fully saturated rings. The molecule has 1 aromatic carbocycles. The van der Waals surface area contributed by atoms with E-state index in [4.69, 9.17) is 4.98 Å². The van der Waals surface area contributed by atoms with E-state index in [1.54, 1.807) is 23.1 Å². The number of nitrogens with zero attached hydrogens (tertiary/aromatic N) is 4. The Kier molecular flexibility index (Phi) is 6.28. The standard InChI is InChI=1S/C25H30N6O2S2/c1-34-20-10-26-24(27-11-20)28-17-3-4-18(9-17)29-25-30-21-5-2-14(8-22(21)35-25)23(33)31-12-15-6-19(32)7-16(15)13-31/h2,5,8,10-11,15-19,32H,3-4,6-7,9,12-13H2,1H3,(H,29,30)(H,26,27,28)/t15-,16+,17-,18-,19?/m0/s1. The minimum absolute atomic E-state index is 0.0937. The van der Waals surface area contributed by atoms with E-state index >= 15 is 0 Å². The third-order valence-corrected chi connectivity index (χ3v) is 9.24. The number of amides is 1. The average molecular weight is 511 g/mol. The first-order valence-electron chi connectivity index (χ1n) is 12.3. The van der Waals surface area contributed by atoms with Gasteiger partial charge in [0, 0.05) is 48.0 Å². The molecule has 5 atom stereocenters. The topological polar surface area (TPSA) is 103 Å². The smallest absolute Gasteiger partial charge is 0.253 e. The lowest BCUT2D eigenvalue weighted by Crippen LogP contribution is -2.30. The predicted molar refractivity (Wildman–Crippen MR) is 140 cm³/mol. The summed E-state index contributed by atoms with van der Waals surface area (Å²) in [5, 5.41) is 17.8. The fraction of sp³-hybridized carbons (Fsp3) is 0.520. The fourth-order valence-corrected chi connectivity index (χ4v) is 7.13. The van der Waals surface area contributed by atoms with Crippen molar-refractivity contribution in [2.24, 2.45) is 11.8 Å². The zero-order valence-corrected chi connectivity index (χ0v) is 21.3. The maximum atomic E-state index is 13.1. The van der Waals surface area contributed by atoms with Crippen LogP contribution in [0.25, 0.3) is 10.2 Å². The monoisotopic (exact) mass is 510 g/mol. The number of aromatic nitrogens is 3. The number of anilines is 2. The molecular weight excluding hydrogens is 480 g/mol. The zero-order chi connectivity index (χ0) is 23.9. The van der Waals surface area contributed by atoms with Crippen LogP contribution in [0, 0.1) is 11.8 Å². The highest BCUT2D eigenvalue weighted by molar-refractivity contribution is 7.98. The van der Waals surface area contributed by atoms with Gasteiger partial charge in [-0.2, -0.15) is 0 Å². The minimum atomic E-state index is -0.187. The first kappa shape index (κ1) is 23.0. The summed E-state index contributed by atoms with van der Waals surface area (Å²) in [5.74, 6) is 1.67. The van der Waals surface area contributed by atoms with E-state index in [1.807, 2.05) is 41.7 Å². The highest BCUT2D eigenvalue weighted by Gasteiger charge is 2.41. The summed E-state index contributed by atoms with van der Waals surface area (Å²) in [6.45, 7) is 1.52. The van der Waals surface area contributed by atoms with Crippen LogP contribution in [0.1, 0.15) is 42.5 Å². The Balaban J connectivity index is 1.07. The number of benzene rings is 1. The first-order chi connectivity index (χ1) is 17.0. The number of thioether (sulfide) groups is 1. The molecule has 0 spiro atoms. The van der Waals surface area contributed by atoms with Crippen LogP contribution in [-0.4, -0.2) is 68.4 Å². The van der Waals surface area contributed by atoms with E-state index in [2.05, 4.69) is 20.6 Å². The lowest BCUT2D eigenvalue weighted by atomic mass is 10.0. The number of carbonyl (C=O) groups excluding carboxylic acids is 1. The van der Waals surface area contributed by atoms with Crippen LogP contribution >= 0.6 is 23.1 Å². The molecule has 0 radical (unpaired) electrons. The summed E-state index contributed by atoms with van der Waals surface area (Å²) in [4.78, 5) is 29.7. The molecule has 3 aromatic rings. The van der Waals surface area contributed by atoms with E-state index < -0.39 is 0 Å². The third kappa shape index (κ3) is 4.83. The molecule has 184 valence electrons. The van der Waals surface area contributed by atoms with Crippen LogP contribution < -0.4 is 10.6 Å². The van der Waals surface area contributed by atoms with Crippen LogP contribution in [0.2, 0.25) is 0 Å². The van der Waals surface area contributed by atoms with Crippen molar-refractivity contribution in [3.63, 3.8) is 0 Å². The summed E-state index contributed by atoms with van der Waals surface area (Å²) in [7, 11) is 0. The van der Waals surface area contributed by atoms with Gasteiger partial charge in [-0.15, -0.1) is 11.8 Å². The number of hydrogen-bond donors (Lipinski definition) is 3. The summed E-state index contributed by atoms with van der Waals surface area (Å²) < 4.78 is 1.03. The molecule has 3 heterocycles. The quantitative estimate of drug-likeness (QED) is 0.426. The number of carbonyl (C=O) groups is 1. The van der Waals surface area contributed by atoms with Gasteiger partial charge in [-0.1, -0.05) is 11.3 Å². The Bertz CT molecular complexity index is 1200. The predicted octanol–water partition coefficient (Wildman–Crippen LogP) is 4.10. The number of thiazole rings is 1. The Labute approximate surface area is 212 Å². The molecular formula is C25H30N6O2S2. The van der Waals surface area contributed by atoms with Gasteiger partial charge in [0.05, 0.1) is 16.3 Å². The number of aliphatic hydroxyl groups is 1. The Morgan fingerprint density at radius 2 is 1.80 bits per heavy atom. The SMILES string of the molecule is CSc1cnc(N[C@H]2CC[C@H](Nc3nc4ccc(C(=O)N5C[C@H]6CC(O)C[C@H]6C5)cc4s3)C2)nc1. The van der Waals surface area contributed by atoms with Crippen molar-refractivity contribution in [2.75, 3.05) is 30.0 Å². The normalized spacial score (nSPS) is 27.9. The van der Waals surface area contributed by atoms with Crippen LogP contribution in [0.5, 0.6) is 0 Å². The van der Waals surface area contributed by atoms with Crippen molar-refractivity contribution >= 4 is 50.3 Å². The molecule has 0 bridgehead atoms. The second-order valence-corrected chi connectivity index (χ2v) is 11.9. The van der Waals surface area contributed by atoms with E-state index in [0.29, 0.717) is 29.9 Å². The molecule has 2 aromatic heterocycles. The van der Waals surface area contributed by atoms with E-state index in [1.165, 1.54) is 0 Å². The number of fused-ring (bicyclic) bond motifs is 2. The molecule has 1 aliphatic heterocycles. The van der Waals surface area contributed by atoms with Crippen molar-refractivity contribution in [3.05, 3.63) is 36.2 Å². The van der Waals surface area contributed by atoms with Gasteiger partial charge in [0.1, 0.15) is 0 Å². The molecule has 6 rings (SSSR count). The van der Waals surface area contributed by atoms with Gasteiger partial charge in [-0.05, 0) is 68.4 Å². The highest BCUT2D eigenvalue weighted by Crippen LogP contribution is 2.39. The molecule has 35 heavy (non-hydrogen) atoms. The number of hydrogen-bond acceptors (Lipinski definition) is 9. The van der Waals surface area contributed by atoms with Gasteiger partial charge >= 0.3 is 0 Å². The summed E-state index contributed by atoms with van der Waals surface area (Å²) in [6, 6.07) is 6.53. The van der Waals surface area contributed by atoms with Crippen LogP contribution in [-0.2, 0) is 0 Å². The van der Waals surface area contributed by atoms with Gasteiger partial charge in [-0.3, -0.25) is 4.79 Å². The summed E-state index contributed by atoms with van der Waals surface area (Å²) in [5.41, 5.74) is 1.65. The maximum Gasteiger partial charge on any atom is 0.253 e. The highest BCUT2D eigenvalue weighted by atomic mass is 32.2. The Morgan fingerprint density at radius 1 is 1.09 bits per heavy atom. The fourth-order valence-electron chi connectivity index (χ4n) is 5.83. The van der Waals surface area contributed by atoms with Crippen molar-refractivity contribution < 1.29 is 9.90 Å². The second kappa shape index (κ2) is 9.55. The lowest BCUT2D eigenvalue weighted by Gasteiger charge is -2.18. The van der Waals surface area contributed by atoms with Crippen molar-refractivity contribution in [2.45, 2.75) is 55.2 Å². The van der Waals surface area contributed by atoms with Gasteiger partial charge < -0.3 is 20.6 Å². The lowest BCUT2D eigenvalue weighted by molar-refractivity contribution is 0.0765. The van der Waals surface area contributed by atoms with Crippen molar-refractivity contribution in [1.29, 1.82) is 0 Å². The number of nitrogens with one attached hydrogen (secondary N) is 2. The largest absolute Gasteiger partial charge is 0.393 e. The molecule has 3 aliphatic rings. The molecule has 10 heteroatoms. The minimum Gasteiger partial charge on any atom is -0.393 e. The summed E-state index contributed by atoms with van der Waals surface area (Å²) in [6.07, 6.45) is 10.3. The third-order valence-electron chi connectivity index (χ3n) is 7.61. The Hall–Kier alpha value is -2.43. The van der Waals surface area contributed by atoms with Crippen LogP contribution in [0.15, 0.2) is 35.5 Å². The van der Waals surface area contributed by atoms with E-state index in [9.17, 15) is 9.90 Å². The van der Waals surface area contributed by atoms with Gasteiger partial charge in [-0.25, -0.2) is 15.0 Å². The molecule has 8 nitrogen and oxygen atoms in total. The number of aliphatic hydroxyl groups excluding tert-OH is 1. The molecule has 1 saturated heterocycles. The molecule has 1 amide bonds. The van der Waals surface area contributed by atoms with Gasteiger partial charge in [0.25, 0.3) is 5.91 Å². The maximum absolute atomic E-state index is 13.1. The van der Waals surface area contributed by atoms with E-state index in [-0.39, 0.29) is 12.0 Å². The van der Waals surface area contributed by atoms with E-state index in [0.717, 1.165) is 71.0 Å². The first-order valence-corrected chi connectivity index (χ1v) is 14.3. The summed E-state index contributed by atoms with van der Waals surface area (Å²) >= 11 is 3.25. The average Bonchev–Trinajstić information content (AvgIpc) is 3.62. The number of rotatable bonds is 6. The molecule has 2 aliphatic carbocycles. The molecule has 1 unspecified atom stereocenters. The number of likely N-dealkylation sites (tertiary alicyclic amines) is 1. The van der Waals surface area contributed by atoms with Gasteiger partial charge in [0.15, 0.2) is 5.13 Å². The van der Waals surface area contributed by atoms with Crippen molar-refractivity contribution in [3.8, 4) is 0 Å².